The third-order valence-corrected chi connectivity index (χ3v) is 6.46. The van der Waals surface area contributed by atoms with E-state index in [4.69, 9.17) is 4.74 Å². The molecule has 0 amide bonds. The zero-order valence-corrected chi connectivity index (χ0v) is 19.4. The molecule has 34 heavy (non-hydrogen) atoms. The van der Waals surface area contributed by atoms with Gasteiger partial charge in [-0.3, -0.25) is 0 Å². The van der Waals surface area contributed by atoms with Crippen molar-refractivity contribution in [1.82, 2.24) is 0 Å². The number of hydrogen-bond acceptors (Lipinski definition) is 1. The van der Waals surface area contributed by atoms with Gasteiger partial charge in [-0.1, -0.05) is 74.0 Å². The summed E-state index contributed by atoms with van der Waals surface area (Å²) in [6.45, 7) is 4.17. The van der Waals surface area contributed by atoms with Gasteiger partial charge >= 0.3 is 0 Å². The summed E-state index contributed by atoms with van der Waals surface area (Å²) >= 11 is 0. The van der Waals surface area contributed by atoms with Crippen molar-refractivity contribution < 1.29 is 22.3 Å². The number of ether oxygens (including phenoxy) is 1. The third kappa shape index (κ3) is 4.80. The van der Waals surface area contributed by atoms with E-state index < -0.39 is 23.3 Å². The molecule has 0 N–H and O–H groups in total. The first-order valence-corrected chi connectivity index (χ1v) is 11.7. The predicted molar refractivity (Wildman–Crippen MR) is 128 cm³/mol. The Bertz CT molecular complexity index is 1180. The Balaban J connectivity index is 1.57. The number of benzene rings is 3. The summed E-state index contributed by atoms with van der Waals surface area (Å²) in [6.07, 6.45) is 6.58. The number of allylic oxidation sites excluding steroid dienone is 1. The van der Waals surface area contributed by atoms with Crippen molar-refractivity contribution in [3.05, 3.63) is 95.1 Å². The first kappa shape index (κ1) is 24.2. The zero-order valence-electron chi connectivity index (χ0n) is 19.4. The molecule has 5 heteroatoms. The van der Waals surface area contributed by atoms with Crippen molar-refractivity contribution in [3.8, 4) is 22.3 Å². The van der Waals surface area contributed by atoms with Gasteiger partial charge in [0.1, 0.15) is 0 Å². The molecule has 3 aromatic carbocycles. The summed E-state index contributed by atoms with van der Waals surface area (Å²) in [5, 5.41) is 0. The van der Waals surface area contributed by atoms with Crippen LogP contribution in [0, 0.1) is 23.3 Å². The highest BCUT2D eigenvalue weighted by Gasteiger charge is 2.26. The Labute approximate surface area is 198 Å². The van der Waals surface area contributed by atoms with Crippen molar-refractivity contribution in [3.63, 3.8) is 0 Å². The Morgan fingerprint density at radius 2 is 1.41 bits per heavy atom. The van der Waals surface area contributed by atoms with Crippen molar-refractivity contribution in [2.24, 2.45) is 0 Å². The van der Waals surface area contributed by atoms with Gasteiger partial charge in [0.05, 0.1) is 12.7 Å². The Kier molecular flexibility index (Phi) is 7.52. The molecule has 0 bridgehead atoms. The van der Waals surface area contributed by atoms with Gasteiger partial charge in [-0.05, 0) is 48.4 Å². The van der Waals surface area contributed by atoms with Crippen LogP contribution in [-0.2, 0) is 11.2 Å². The minimum absolute atomic E-state index is 0.0214. The number of halogens is 4. The second kappa shape index (κ2) is 10.6. The van der Waals surface area contributed by atoms with E-state index in [1.165, 1.54) is 0 Å². The van der Waals surface area contributed by atoms with Crippen LogP contribution in [0.5, 0.6) is 0 Å². The van der Waals surface area contributed by atoms with E-state index in [0.29, 0.717) is 35.3 Å². The maximum absolute atomic E-state index is 15.0. The van der Waals surface area contributed by atoms with Crippen molar-refractivity contribution >= 4 is 0 Å². The van der Waals surface area contributed by atoms with Gasteiger partial charge in [-0.25, -0.2) is 17.6 Å². The number of aryl methyl sites for hydroxylation is 1. The minimum Gasteiger partial charge on any atom is -0.374 e. The van der Waals surface area contributed by atoms with Crippen LogP contribution >= 0.6 is 0 Å². The second-order valence-corrected chi connectivity index (χ2v) is 8.73. The van der Waals surface area contributed by atoms with E-state index >= 15 is 4.39 Å². The molecule has 1 aliphatic rings. The molecule has 2 atom stereocenters. The molecule has 1 heterocycles. The second-order valence-electron chi connectivity index (χ2n) is 8.73. The summed E-state index contributed by atoms with van der Waals surface area (Å²) in [5.74, 6) is -3.70. The monoisotopic (exact) mass is 468 g/mol. The lowest BCUT2D eigenvalue weighted by atomic mass is 9.89. The van der Waals surface area contributed by atoms with Crippen LogP contribution in [0.3, 0.4) is 0 Å². The van der Waals surface area contributed by atoms with Gasteiger partial charge in [0.25, 0.3) is 0 Å². The molecule has 2 unspecified atom stereocenters. The molecule has 1 fully saturated rings. The van der Waals surface area contributed by atoms with Gasteiger partial charge in [0, 0.05) is 17.0 Å². The zero-order chi connectivity index (χ0) is 24.2. The van der Waals surface area contributed by atoms with Gasteiger partial charge in [-0.2, -0.15) is 0 Å². The van der Waals surface area contributed by atoms with E-state index in [1.807, 2.05) is 26.0 Å². The first-order valence-electron chi connectivity index (χ1n) is 11.7. The predicted octanol–water partition coefficient (Wildman–Crippen LogP) is 8.37. The fourth-order valence-corrected chi connectivity index (χ4v) is 4.59. The van der Waals surface area contributed by atoms with E-state index in [2.05, 4.69) is 0 Å². The van der Waals surface area contributed by atoms with Gasteiger partial charge in [0.15, 0.2) is 23.3 Å². The Hall–Kier alpha value is -2.92. The normalized spacial score (nSPS) is 18.5. The smallest absolute Gasteiger partial charge is 0.166 e. The van der Waals surface area contributed by atoms with Crippen LogP contribution < -0.4 is 0 Å². The SMILES string of the molecule is C/C=C/C1CCC(c2ccc(-c3ccc(-c4ccc(CCC)c(F)c4F)cc3)c(F)c2F)CO1. The molecule has 1 aliphatic heterocycles. The molecule has 0 radical (unpaired) electrons. The lowest BCUT2D eigenvalue weighted by Gasteiger charge is -2.28. The van der Waals surface area contributed by atoms with E-state index in [9.17, 15) is 13.2 Å². The van der Waals surface area contributed by atoms with Crippen LogP contribution in [0.1, 0.15) is 50.2 Å². The van der Waals surface area contributed by atoms with Crippen LogP contribution in [0.15, 0.2) is 60.7 Å². The number of rotatable bonds is 6. The maximum Gasteiger partial charge on any atom is 0.166 e. The molecule has 178 valence electrons. The average Bonchev–Trinajstić information content (AvgIpc) is 2.85. The fourth-order valence-electron chi connectivity index (χ4n) is 4.59. The number of hydrogen-bond donors (Lipinski definition) is 0. The van der Waals surface area contributed by atoms with Crippen LogP contribution in [0.25, 0.3) is 22.3 Å². The minimum atomic E-state index is -0.915. The quantitative estimate of drug-likeness (QED) is 0.261. The standard InChI is InChI=1S/C29H28F4O/c1-3-5-20-12-14-23(27(31)26(20)30)18-7-9-19(10-8-18)24-15-16-25(29(33)28(24)32)21-11-13-22(6-4-2)34-17-21/h4,6-10,12,14-16,21-22H,3,5,11,13,17H2,1-2H3/b6-4+. The third-order valence-electron chi connectivity index (χ3n) is 6.46. The molecule has 0 aromatic heterocycles. The highest BCUT2D eigenvalue weighted by molar-refractivity contribution is 5.71. The highest BCUT2D eigenvalue weighted by Crippen LogP contribution is 2.35. The molecule has 3 aromatic rings. The van der Waals surface area contributed by atoms with Gasteiger partial charge < -0.3 is 4.74 Å². The van der Waals surface area contributed by atoms with E-state index in [1.54, 1.807) is 48.5 Å². The topological polar surface area (TPSA) is 9.23 Å². The summed E-state index contributed by atoms with van der Waals surface area (Å²) in [5.41, 5.74) is 1.86. The highest BCUT2D eigenvalue weighted by atomic mass is 19.2. The van der Waals surface area contributed by atoms with Crippen LogP contribution in [0.4, 0.5) is 17.6 Å². The molecular formula is C29H28F4O. The summed E-state index contributed by atoms with van der Waals surface area (Å²) in [6, 6.07) is 12.7. The van der Waals surface area contributed by atoms with Crippen molar-refractivity contribution in [2.45, 2.75) is 51.6 Å². The fraction of sp³-hybridized carbons (Fsp3) is 0.310. The summed E-state index contributed by atoms with van der Waals surface area (Å²) in [4.78, 5) is 0. The molecule has 0 aliphatic carbocycles. The van der Waals surface area contributed by atoms with E-state index in [-0.39, 0.29) is 23.1 Å². The molecular weight excluding hydrogens is 440 g/mol. The van der Waals surface area contributed by atoms with Crippen LogP contribution in [-0.4, -0.2) is 12.7 Å². The van der Waals surface area contributed by atoms with E-state index in [0.717, 1.165) is 19.3 Å². The summed E-state index contributed by atoms with van der Waals surface area (Å²) < 4.78 is 64.7. The van der Waals surface area contributed by atoms with Gasteiger partial charge in [0.2, 0.25) is 0 Å². The average molecular weight is 469 g/mol. The molecule has 1 nitrogen and oxygen atoms in total. The van der Waals surface area contributed by atoms with Crippen molar-refractivity contribution in [1.29, 1.82) is 0 Å². The largest absolute Gasteiger partial charge is 0.374 e. The van der Waals surface area contributed by atoms with Crippen LogP contribution in [0.2, 0.25) is 0 Å². The summed E-state index contributed by atoms with van der Waals surface area (Å²) in [7, 11) is 0. The molecule has 4 rings (SSSR count). The molecule has 1 saturated heterocycles. The molecule has 0 saturated carbocycles. The maximum atomic E-state index is 15.0. The Morgan fingerprint density at radius 1 is 0.794 bits per heavy atom. The Morgan fingerprint density at radius 3 is 1.97 bits per heavy atom. The van der Waals surface area contributed by atoms with Gasteiger partial charge in [-0.15, -0.1) is 0 Å². The molecule has 0 spiro atoms. The first-order chi connectivity index (χ1) is 16.4. The lowest BCUT2D eigenvalue weighted by Crippen LogP contribution is -2.24. The lowest BCUT2D eigenvalue weighted by molar-refractivity contribution is 0.0317. The van der Waals surface area contributed by atoms with Crippen molar-refractivity contribution in [2.75, 3.05) is 6.61 Å².